The molecule has 3 atom stereocenters. The Morgan fingerprint density at radius 2 is 1.56 bits per heavy atom. The van der Waals surface area contributed by atoms with Crippen LogP contribution in [0.15, 0.2) is 78.0 Å². The highest BCUT2D eigenvalue weighted by Gasteiger charge is 2.52. The number of aromatic nitrogens is 1. The van der Waals surface area contributed by atoms with E-state index >= 15 is 0 Å². The lowest BCUT2D eigenvalue weighted by Crippen LogP contribution is -2.54. The number of sulfonamides is 2. The van der Waals surface area contributed by atoms with E-state index in [4.69, 9.17) is 0 Å². The van der Waals surface area contributed by atoms with Crippen molar-refractivity contribution in [2.24, 2.45) is 0 Å². The van der Waals surface area contributed by atoms with Gasteiger partial charge in [0.2, 0.25) is 21.8 Å². The number of carbonyl (C=O) groups excluding carboxylic acids is 3. The van der Waals surface area contributed by atoms with Crippen LogP contribution in [-0.2, 0) is 39.8 Å². The normalized spacial score (nSPS) is 19.3. The van der Waals surface area contributed by atoms with Gasteiger partial charge in [-0.3, -0.25) is 24.4 Å². The van der Waals surface area contributed by atoms with E-state index in [1.807, 2.05) is 4.72 Å². The molecule has 2 heterocycles. The fourth-order valence-electron chi connectivity index (χ4n) is 6.44. The Balaban J connectivity index is 1.31. The molecule has 12 nitrogen and oxygen atoms in total. The maximum absolute atomic E-state index is 15.0. The molecule has 0 spiro atoms. The molecule has 1 saturated heterocycles. The van der Waals surface area contributed by atoms with Crippen LogP contribution in [0.1, 0.15) is 63.1 Å². The van der Waals surface area contributed by atoms with E-state index in [0.717, 1.165) is 24.4 Å². The number of halogens is 4. The summed E-state index contributed by atoms with van der Waals surface area (Å²) >= 11 is 0. The second kappa shape index (κ2) is 15.5. The van der Waals surface area contributed by atoms with Crippen LogP contribution in [0.4, 0.5) is 17.6 Å². The number of hydrogen-bond acceptors (Lipinski definition) is 9. The van der Waals surface area contributed by atoms with Gasteiger partial charge in [0, 0.05) is 19.2 Å². The standard InChI is InChI=1S/C36H41F4N5O7S2/c1-34(2,37)21-28(32(47)43-27-7-6-20-45(22-29(27)46)54(51,52)30-8-4-5-19-41-30)42-31(36(38,39)40)25-11-9-23(10-12-25)24-13-15-26(16-14-24)35(17-18-35)33(48)44-53(3,49)50/h4-5,8-16,19,27-28,31,42H,6-7,17-18,20-22H2,1-3H3,(H,43,47)(H,44,48)/t27?,28-,31-/m0/s1. The zero-order valence-electron chi connectivity index (χ0n) is 29.7. The van der Waals surface area contributed by atoms with E-state index < -0.39 is 86.0 Å². The van der Waals surface area contributed by atoms with Gasteiger partial charge in [-0.25, -0.2) is 26.2 Å². The fourth-order valence-corrected chi connectivity index (χ4v) is 8.35. The zero-order valence-corrected chi connectivity index (χ0v) is 31.3. The van der Waals surface area contributed by atoms with Crippen LogP contribution in [0.5, 0.6) is 0 Å². The molecule has 18 heteroatoms. The highest BCUT2D eigenvalue weighted by atomic mass is 32.2. The van der Waals surface area contributed by atoms with Crippen LogP contribution in [0, 0.1) is 0 Å². The molecule has 292 valence electrons. The quantitative estimate of drug-likeness (QED) is 0.216. The molecule has 2 amide bonds. The third-order valence-electron chi connectivity index (χ3n) is 9.36. The summed E-state index contributed by atoms with van der Waals surface area (Å²) in [4.78, 5) is 43.2. The van der Waals surface area contributed by atoms with Crippen molar-refractivity contribution >= 4 is 37.6 Å². The number of nitrogens with zero attached hydrogens (tertiary/aromatic N) is 2. The summed E-state index contributed by atoms with van der Waals surface area (Å²) < 4.78 is 111. The van der Waals surface area contributed by atoms with Crippen molar-refractivity contribution in [2.75, 3.05) is 19.3 Å². The molecule has 1 saturated carbocycles. The largest absolute Gasteiger partial charge is 0.407 e. The monoisotopic (exact) mass is 795 g/mol. The van der Waals surface area contributed by atoms with Gasteiger partial charge in [-0.15, -0.1) is 0 Å². The minimum atomic E-state index is -4.94. The second-order valence-corrected chi connectivity index (χ2v) is 17.9. The van der Waals surface area contributed by atoms with Crippen LogP contribution < -0.4 is 15.4 Å². The summed E-state index contributed by atoms with van der Waals surface area (Å²) in [6, 6.07) is 10.9. The molecule has 5 rings (SSSR count). The molecule has 2 aliphatic rings. The van der Waals surface area contributed by atoms with Gasteiger partial charge in [0.25, 0.3) is 10.0 Å². The van der Waals surface area contributed by atoms with Crippen molar-refractivity contribution in [2.45, 2.75) is 86.4 Å². The number of Topliss-reactive ketones (excluding diaryl/α,β-unsaturated/α-hetero) is 1. The van der Waals surface area contributed by atoms with Gasteiger partial charge in [-0.05, 0) is 73.9 Å². The van der Waals surface area contributed by atoms with Crippen molar-refractivity contribution in [3.05, 3.63) is 84.1 Å². The average molecular weight is 796 g/mol. The van der Waals surface area contributed by atoms with Gasteiger partial charge in [-0.2, -0.15) is 17.5 Å². The molecule has 0 bridgehead atoms. The Morgan fingerprint density at radius 3 is 2.07 bits per heavy atom. The Morgan fingerprint density at radius 1 is 0.944 bits per heavy atom. The predicted molar refractivity (Wildman–Crippen MR) is 190 cm³/mol. The van der Waals surface area contributed by atoms with Crippen LogP contribution in [-0.4, -0.2) is 87.0 Å². The number of ketones is 1. The lowest BCUT2D eigenvalue weighted by molar-refractivity contribution is -0.162. The maximum atomic E-state index is 15.0. The summed E-state index contributed by atoms with van der Waals surface area (Å²) in [5, 5.41) is 4.45. The number of benzene rings is 2. The van der Waals surface area contributed by atoms with Gasteiger partial charge < -0.3 is 5.32 Å². The summed E-state index contributed by atoms with van der Waals surface area (Å²) in [6.07, 6.45) is -2.37. The Kier molecular flexibility index (Phi) is 11.7. The topological polar surface area (TPSA) is 172 Å². The highest BCUT2D eigenvalue weighted by molar-refractivity contribution is 7.89. The van der Waals surface area contributed by atoms with Crippen LogP contribution in [0.2, 0.25) is 0 Å². The summed E-state index contributed by atoms with van der Waals surface area (Å²) in [7, 11) is -7.89. The number of nitrogens with one attached hydrogen (secondary N) is 3. The van der Waals surface area contributed by atoms with E-state index in [1.165, 1.54) is 48.7 Å². The molecule has 3 aromatic rings. The van der Waals surface area contributed by atoms with Gasteiger partial charge in [-0.1, -0.05) is 54.6 Å². The summed E-state index contributed by atoms with van der Waals surface area (Å²) in [6.45, 7) is 1.56. The van der Waals surface area contributed by atoms with Gasteiger partial charge in [0.05, 0.1) is 30.3 Å². The van der Waals surface area contributed by atoms with E-state index in [1.54, 1.807) is 24.3 Å². The lowest BCUT2D eigenvalue weighted by atomic mass is 9.92. The molecular formula is C36H41F4N5O7S2. The third-order valence-corrected chi connectivity index (χ3v) is 11.7. The van der Waals surface area contributed by atoms with Crippen LogP contribution >= 0.6 is 0 Å². The van der Waals surface area contributed by atoms with E-state index in [-0.39, 0.29) is 30.0 Å². The van der Waals surface area contributed by atoms with Gasteiger partial charge in [0.1, 0.15) is 11.7 Å². The molecule has 1 aliphatic carbocycles. The minimum absolute atomic E-state index is 0.00448. The summed E-state index contributed by atoms with van der Waals surface area (Å²) in [5.41, 5.74) is -1.61. The Hall–Kier alpha value is -4.26. The van der Waals surface area contributed by atoms with Gasteiger partial charge in [0.15, 0.2) is 10.8 Å². The molecule has 1 unspecified atom stereocenters. The first-order chi connectivity index (χ1) is 25.1. The predicted octanol–water partition coefficient (Wildman–Crippen LogP) is 4.09. The minimum Gasteiger partial charge on any atom is -0.345 e. The molecule has 1 aromatic heterocycles. The number of amides is 2. The van der Waals surface area contributed by atoms with Crippen LogP contribution in [0.25, 0.3) is 11.1 Å². The molecule has 54 heavy (non-hydrogen) atoms. The summed E-state index contributed by atoms with van der Waals surface area (Å²) in [5.74, 6) is -2.36. The first kappa shape index (κ1) is 40.9. The van der Waals surface area contributed by atoms with Crippen LogP contribution in [0.3, 0.4) is 0 Å². The lowest BCUT2D eigenvalue weighted by Gasteiger charge is -2.31. The zero-order chi connectivity index (χ0) is 39.7. The third kappa shape index (κ3) is 9.88. The van der Waals surface area contributed by atoms with Crippen molar-refractivity contribution < 1.29 is 48.8 Å². The average Bonchev–Trinajstić information content (AvgIpc) is 3.92. The first-order valence-corrected chi connectivity index (χ1v) is 20.4. The van der Waals surface area contributed by atoms with Crippen molar-refractivity contribution in [1.29, 1.82) is 0 Å². The number of hydrogen-bond donors (Lipinski definition) is 3. The van der Waals surface area contributed by atoms with Crippen molar-refractivity contribution in [1.82, 2.24) is 24.6 Å². The molecule has 0 radical (unpaired) electrons. The molecule has 2 fully saturated rings. The number of rotatable bonds is 13. The maximum Gasteiger partial charge on any atom is 0.407 e. The number of pyridine rings is 1. The fraction of sp³-hybridized carbons (Fsp3) is 0.444. The van der Waals surface area contributed by atoms with E-state index in [0.29, 0.717) is 29.5 Å². The van der Waals surface area contributed by atoms with Crippen molar-refractivity contribution in [3.63, 3.8) is 0 Å². The molecule has 3 N–H and O–H groups in total. The molecule has 2 aromatic carbocycles. The smallest absolute Gasteiger partial charge is 0.345 e. The Bertz CT molecular complexity index is 2070. The molecular weight excluding hydrogens is 755 g/mol. The van der Waals surface area contributed by atoms with Crippen molar-refractivity contribution in [3.8, 4) is 11.1 Å². The highest BCUT2D eigenvalue weighted by Crippen LogP contribution is 2.49. The first-order valence-electron chi connectivity index (χ1n) is 17.1. The van der Waals surface area contributed by atoms with E-state index in [9.17, 15) is 48.8 Å². The molecule has 1 aliphatic heterocycles. The van der Waals surface area contributed by atoms with Gasteiger partial charge >= 0.3 is 6.18 Å². The number of carbonyl (C=O) groups is 3. The second-order valence-electron chi connectivity index (χ2n) is 14.3. The van der Waals surface area contributed by atoms with E-state index in [2.05, 4.69) is 15.6 Å². The number of alkyl halides is 4. The SMILES string of the molecule is CC(C)(F)C[C@H](N[C@@H](c1ccc(-c2ccc(C3(C(=O)NS(C)(=O)=O)CC3)cc2)cc1)C(F)(F)F)C(=O)NC1CCCN(S(=O)(=O)c2ccccn2)CC1=O. The Labute approximate surface area is 311 Å².